The van der Waals surface area contributed by atoms with Gasteiger partial charge in [-0.2, -0.15) is 10.2 Å². The number of rotatable bonds is 5. The minimum Gasteiger partial charge on any atom is -0.478 e. The highest BCUT2D eigenvalue weighted by atomic mass is 16.5. The molecule has 0 spiro atoms. The Morgan fingerprint density at radius 1 is 1.00 bits per heavy atom. The third-order valence-electron chi connectivity index (χ3n) is 3.21. The predicted molar refractivity (Wildman–Crippen MR) is 88.1 cm³/mol. The van der Waals surface area contributed by atoms with E-state index in [-0.39, 0.29) is 5.97 Å². The Hall–Kier alpha value is -2.64. The van der Waals surface area contributed by atoms with Crippen molar-refractivity contribution in [3.8, 4) is 0 Å². The molecule has 0 amide bonds. The number of nitrogens with zero attached hydrogens (tertiary/aromatic N) is 4. The number of ether oxygens (including phenoxy) is 1. The second-order valence-corrected chi connectivity index (χ2v) is 5.06. The summed E-state index contributed by atoms with van der Waals surface area (Å²) in [5.74, 6) is -1.19. The molecule has 24 heavy (non-hydrogen) atoms. The number of aryl methyl sites for hydroxylation is 4. The van der Waals surface area contributed by atoms with Crippen LogP contribution in [0.2, 0.25) is 0 Å². The van der Waals surface area contributed by atoms with Gasteiger partial charge in [0, 0.05) is 26.5 Å². The van der Waals surface area contributed by atoms with Gasteiger partial charge in [-0.05, 0) is 19.8 Å². The average molecular weight is 336 g/mol. The molecule has 0 aliphatic carbocycles. The Kier molecular flexibility index (Phi) is 7.16. The van der Waals surface area contributed by atoms with Crippen molar-refractivity contribution in [3.63, 3.8) is 0 Å². The Balaban J connectivity index is 0.000000243. The lowest BCUT2D eigenvalue weighted by atomic mass is 10.2. The molecule has 0 aliphatic heterocycles. The van der Waals surface area contributed by atoms with Gasteiger partial charge in [-0.15, -0.1) is 0 Å². The Morgan fingerprint density at radius 2 is 1.46 bits per heavy atom. The molecule has 1 N–H and O–H groups in total. The van der Waals surface area contributed by atoms with Crippen molar-refractivity contribution in [2.24, 2.45) is 14.1 Å². The highest BCUT2D eigenvalue weighted by molar-refractivity contribution is 5.90. The lowest BCUT2D eigenvalue weighted by Crippen LogP contribution is -2.05. The van der Waals surface area contributed by atoms with E-state index >= 15 is 0 Å². The van der Waals surface area contributed by atoms with Crippen LogP contribution in [0.3, 0.4) is 0 Å². The first-order chi connectivity index (χ1) is 11.3. The molecule has 0 saturated heterocycles. The lowest BCUT2D eigenvalue weighted by Gasteiger charge is -1.99. The summed E-state index contributed by atoms with van der Waals surface area (Å²) >= 11 is 0. The second-order valence-electron chi connectivity index (χ2n) is 5.06. The molecule has 0 radical (unpaired) electrons. The van der Waals surface area contributed by atoms with Crippen LogP contribution in [-0.2, 0) is 31.7 Å². The number of aromatic nitrogens is 4. The van der Waals surface area contributed by atoms with Crippen molar-refractivity contribution >= 4 is 11.9 Å². The van der Waals surface area contributed by atoms with Gasteiger partial charge < -0.3 is 9.84 Å². The quantitative estimate of drug-likeness (QED) is 0.836. The van der Waals surface area contributed by atoms with E-state index in [1.54, 1.807) is 31.9 Å². The summed E-state index contributed by atoms with van der Waals surface area (Å²) in [5.41, 5.74) is 2.31. The van der Waals surface area contributed by atoms with E-state index < -0.39 is 5.97 Å². The van der Waals surface area contributed by atoms with E-state index in [1.165, 1.54) is 10.9 Å². The van der Waals surface area contributed by atoms with Crippen LogP contribution >= 0.6 is 0 Å². The smallest absolute Gasteiger partial charge is 0.341 e. The summed E-state index contributed by atoms with van der Waals surface area (Å²) in [6, 6.07) is 0. The summed E-state index contributed by atoms with van der Waals surface area (Å²) < 4.78 is 8.04. The molecular weight excluding hydrogens is 312 g/mol. The zero-order valence-corrected chi connectivity index (χ0v) is 14.7. The fourth-order valence-corrected chi connectivity index (χ4v) is 2.15. The van der Waals surface area contributed by atoms with Crippen LogP contribution in [0.15, 0.2) is 12.4 Å². The molecular formula is C16H24N4O4. The first kappa shape index (κ1) is 19.4. The van der Waals surface area contributed by atoms with Gasteiger partial charge in [0.25, 0.3) is 0 Å². The minimum atomic E-state index is -0.907. The van der Waals surface area contributed by atoms with Gasteiger partial charge >= 0.3 is 11.9 Å². The van der Waals surface area contributed by atoms with Gasteiger partial charge in [0.2, 0.25) is 0 Å². The van der Waals surface area contributed by atoms with Crippen molar-refractivity contribution < 1.29 is 19.4 Å². The summed E-state index contributed by atoms with van der Waals surface area (Å²) in [7, 11) is 3.51. The molecule has 8 heteroatoms. The molecule has 8 nitrogen and oxygen atoms in total. The van der Waals surface area contributed by atoms with E-state index in [1.807, 2.05) is 13.8 Å². The van der Waals surface area contributed by atoms with Crippen molar-refractivity contribution in [3.05, 3.63) is 34.9 Å². The number of carboxylic acid groups (broad SMARTS) is 1. The Labute approximate surface area is 141 Å². The van der Waals surface area contributed by atoms with Gasteiger partial charge in [0.15, 0.2) is 0 Å². The van der Waals surface area contributed by atoms with Gasteiger partial charge in [-0.1, -0.05) is 13.8 Å². The van der Waals surface area contributed by atoms with Gasteiger partial charge in [0.1, 0.15) is 11.1 Å². The molecule has 0 saturated carbocycles. The molecule has 2 rings (SSSR count). The summed E-state index contributed by atoms with van der Waals surface area (Å²) in [4.78, 5) is 21.9. The lowest BCUT2D eigenvalue weighted by molar-refractivity contribution is 0.0524. The third-order valence-corrected chi connectivity index (χ3v) is 3.21. The first-order valence-electron chi connectivity index (χ1n) is 7.79. The van der Waals surface area contributed by atoms with Gasteiger partial charge in [-0.3, -0.25) is 9.36 Å². The Bertz CT molecular complexity index is 703. The molecule has 2 aromatic rings. The van der Waals surface area contributed by atoms with Gasteiger partial charge in [-0.25, -0.2) is 9.59 Å². The number of hydrogen-bond donors (Lipinski definition) is 1. The predicted octanol–water partition coefficient (Wildman–Crippen LogP) is 1.84. The number of carbonyl (C=O) groups is 2. The van der Waals surface area contributed by atoms with Crippen LogP contribution in [0.5, 0.6) is 0 Å². The van der Waals surface area contributed by atoms with E-state index in [0.717, 1.165) is 12.1 Å². The molecule has 0 atom stereocenters. The Morgan fingerprint density at radius 3 is 1.83 bits per heavy atom. The fraction of sp³-hybridized carbons (Fsp3) is 0.500. The fourth-order valence-electron chi connectivity index (χ4n) is 2.15. The molecule has 0 unspecified atom stereocenters. The summed E-state index contributed by atoms with van der Waals surface area (Å²) in [6.07, 6.45) is 4.61. The van der Waals surface area contributed by atoms with Crippen LogP contribution in [-0.4, -0.2) is 43.2 Å². The van der Waals surface area contributed by atoms with Crippen LogP contribution in [0.25, 0.3) is 0 Å². The van der Waals surface area contributed by atoms with E-state index in [2.05, 4.69) is 10.2 Å². The van der Waals surface area contributed by atoms with Crippen LogP contribution < -0.4 is 0 Å². The molecule has 0 aliphatic rings. The van der Waals surface area contributed by atoms with Crippen LogP contribution in [0, 0.1) is 0 Å². The van der Waals surface area contributed by atoms with Crippen molar-refractivity contribution in [2.45, 2.75) is 33.6 Å². The molecule has 2 aromatic heterocycles. The van der Waals surface area contributed by atoms with Gasteiger partial charge in [0.05, 0.1) is 18.0 Å². The van der Waals surface area contributed by atoms with Crippen molar-refractivity contribution in [1.82, 2.24) is 19.6 Å². The molecule has 0 fully saturated rings. The standard InChI is InChI=1S/C9H14N2O2.C7H10N2O2/c1-4-8-7(6-11(3)10-8)9(12)13-5-2;1-3-6-5(7(10)11)4-9(2)8-6/h6H,4-5H2,1-3H3;4H,3H2,1-2H3,(H,10,11). The molecule has 2 heterocycles. The highest BCUT2D eigenvalue weighted by Gasteiger charge is 2.14. The zero-order valence-electron chi connectivity index (χ0n) is 14.7. The van der Waals surface area contributed by atoms with Crippen molar-refractivity contribution in [1.29, 1.82) is 0 Å². The molecule has 0 bridgehead atoms. The number of carboxylic acids is 1. The largest absolute Gasteiger partial charge is 0.478 e. The number of hydrogen-bond acceptors (Lipinski definition) is 5. The number of esters is 1. The number of carbonyl (C=O) groups excluding carboxylic acids is 1. The van der Waals surface area contributed by atoms with E-state index in [4.69, 9.17) is 9.84 Å². The monoisotopic (exact) mass is 336 g/mol. The number of aromatic carboxylic acids is 1. The van der Waals surface area contributed by atoms with Crippen molar-refractivity contribution in [2.75, 3.05) is 6.61 Å². The molecule has 132 valence electrons. The first-order valence-corrected chi connectivity index (χ1v) is 7.79. The third kappa shape index (κ3) is 4.94. The minimum absolute atomic E-state index is 0.285. The summed E-state index contributed by atoms with van der Waals surface area (Å²) in [5, 5.41) is 16.8. The topological polar surface area (TPSA) is 99.2 Å². The maximum absolute atomic E-state index is 11.4. The normalized spacial score (nSPS) is 10.0. The highest BCUT2D eigenvalue weighted by Crippen LogP contribution is 2.08. The van der Waals surface area contributed by atoms with E-state index in [9.17, 15) is 9.59 Å². The second kappa shape index (κ2) is 8.85. The summed E-state index contributed by atoms with van der Waals surface area (Å²) in [6.45, 7) is 6.04. The van der Waals surface area contributed by atoms with Crippen LogP contribution in [0.1, 0.15) is 52.9 Å². The maximum Gasteiger partial charge on any atom is 0.341 e. The van der Waals surface area contributed by atoms with E-state index in [0.29, 0.717) is 29.8 Å². The maximum atomic E-state index is 11.4. The SMILES string of the molecule is CCOC(=O)c1cn(C)nc1CC.CCc1nn(C)cc1C(=O)O. The average Bonchev–Trinajstić information content (AvgIpc) is 3.10. The van der Waals surface area contributed by atoms with Crippen LogP contribution in [0.4, 0.5) is 0 Å². The zero-order chi connectivity index (χ0) is 18.3. The molecule has 0 aromatic carbocycles.